The normalized spacial score (nSPS) is 21.3. The maximum Gasteiger partial charge on any atom is 0.150 e. The van der Waals surface area contributed by atoms with E-state index in [9.17, 15) is 13.5 Å². The number of hydrogen-bond acceptors (Lipinski definition) is 6. The molecule has 0 unspecified atom stereocenters. The molecule has 21 heavy (non-hydrogen) atoms. The van der Waals surface area contributed by atoms with Gasteiger partial charge in [-0.2, -0.15) is 0 Å². The highest BCUT2D eigenvalue weighted by molar-refractivity contribution is 7.91. The van der Waals surface area contributed by atoms with E-state index in [4.69, 9.17) is 0 Å². The number of nitrogens with one attached hydrogen (secondary N) is 1. The van der Waals surface area contributed by atoms with Crippen LogP contribution >= 0.6 is 11.3 Å². The van der Waals surface area contributed by atoms with Crippen molar-refractivity contribution in [1.29, 1.82) is 0 Å². The number of rotatable bonds is 4. The summed E-state index contributed by atoms with van der Waals surface area (Å²) in [5, 5.41) is 14.6. The van der Waals surface area contributed by atoms with Gasteiger partial charge in [-0.15, -0.1) is 11.3 Å². The van der Waals surface area contributed by atoms with Crippen molar-refractivity contribution in [2.45, 2.75) is 51.2 Å². The molecule has 1 aliphatic rings. The minimum absolute atomic E-state index is 0.0800. The summed E-state index contributed by atoms with van der Waals surface area (Å²) in [5.41, 5.74) is -0.804. The predicted molar refractivity (Wildman–Crippen MR) is 85.4 cm³/mol. The Hall–Kier alpha value is -0.500. The molecule has 0 aromatic carbocycles. The standard InChI is InChI=1S/C14H24N2O3S2/c1-13(2,3)11-8-16-12(20-11)9-15-10-14(17)4-6-21(18,19)7-5-14/h8,15,17H,4-7,9-10H2,1-3H3. The van der Waals surface area contributed by atoms with Gasteiger partial charge in [0.05, 0.1) is 17.1 Å². The monoisotopic (exact) mass is 332 g/mol. The Balaban J connectivity index is 1.83. The first-order valence-corrected chi connectivity index (χ1v) is 9.82. The van der Waals surface area contributed by atoms with Gasteiger partial charge in [-0.3, -0.25) is 0 Å². The predicted octanol–water partition coefficient (Wildman–Crippen LogP) is 1.47. The molecule has 0 aliphatic carbocycles. The minimum Gasteiger partial charge on any atom is -0.388 e. The Kier molecular flexibility index (Phi) is 4.78. The van der Waals surface area contributed by atoms with Crippen LogP contribution in [0, 0.1) is 0 Å². The van der Waals surface area contributed by atoms with Gasteiger partial charge in [0.1, 0.15) is 5.01 Å². The number of hydrogen-bond donors (Lipinski definition) is 2. The van der Waals surface area contributed by atoms with Gasteiger partial charge in [0, 0.05) is 24.2 Å². The van der Waals surface area contributed by atoms with Crippen LogP contribution < -0.4 is 5.32 Å². The number of nitrogens with zero attached hydrogens (tertiary/aromatic N) is 1. The summed E-state index contributed by atoms with van der Waals surface area (Å²) < 4.78 is 22.8. The topological polar surface area (TPSA) is 79.3 Å². The molecule has 0 amide bonds. The molecule has 1 aromatic heterocycles. The summed E-state index contributed by atoms with van der Waals surface area (Å²) in [6.07, 6.45) is 2.53. The first-order valence-electron chi connectivity index (χ1n) is 7.18. The lowest BCUT2D eigenvalue weighted by molar-refractivity contribution is 0.0303. The number of aromatic nitrogens is 1. The zero-order chi connectivity index (χ0) is 15.7. The lowest BCUT2D eigenvalue weighted by Crippen LogP contribution is -2.46. The minimum atomic E-state index is -2.94. The molecule has 0 radical (unpaired) electrons. The third-order valence-corrected chi connectivity index (χ3v) is 6.86. The molecule has 2 N–H and O–H groups in total. The molecule has 5 nitrogen and oxygen atoms in total. The van der Waals surface area contributed by atoms with Crippen molar-refractivity contribution >= 4 is 21.2 Å². The summed E-state index contributed by atoms with van der Waals surface area (Å²) in [6, 6.07) is 0. The average Bonchev–Trinajstić information content (AvgIpc) is 2.83. The molecule has 0 atom stereocenters. The van der Waals surface area contributed by atoms with Crippen molar-refractivity contribution in [3.05, 3.63) is 16.1 Å². The smallest absolute Gasteiger partial charge is 0.150 e. The average molecular weight is 332 g/mol. The zero-order valence-corrected chi connectivity index (χ0v) is 14.5. The van der Waals surface area contributed by atoms with E-state index in [1.165, 1.54) is 4.88 Å². The maximum absolute atomic E-state index is 11.4. The molecular formula is C14H24N2O3S2. The quantitative estimate of drug-likeness (QED) is 0.873. The number of aliphatic hydroxyl groups is 1. The fraction of sp³-hybridized carbons (Fsp3) is 0.786. The van der Waals surface area contributed by atoms with Gasteiger partial charge < -0.3 is 10.4 Å². The second-order valence-electron chi connectivity index (χ2n) is 6.85. The van der Waals surface area contributed by atoms with Gasteiger partial charge >= 0.3 is 0 Å². The van der Waals surface area contributed by atoms with Crippen LogP contribution in [-0.2, 0) is 21.8 Å². The number of thiazole rings is 1. The zero-order valence-electron chi connectivity index (χ0n) is 12.8. The van der Waals surface area contributed by atoms with E-state index >= 15 is 0 Å². The fourth-order valence-electron chi connectivity index (χ4n) is 2.24. The Morgan fingerprint density at radius 3 is 2.52 bits per heavy atom. The summed E-state index contributed by atoms with van der Waals surface area (Å²) >= 11 is 1.67. The molecule has 0 spiro atoms. The molecule has 7 heteroatoms. The van der Waals surface area contributed by atoms with E-state index in [0.717, 1.165) is 5.01 Å². The van der Waals surface area contributed by atoms with E-state index in [-0.39, 0.29) is 16.9 Å². The fourth-order valence-corrected chi connectivity index (χ4v) is 4.77. The Morgan fingerprint density at radius 1 is 1.38 bits per heavy atom. The van der Waals surface area contributed by atoms with Gasteiger partial charge in [0.2, 0.25) is 0 Å². The van der Waals surface area contributed by atoms with Crippen LogP contribution in [-0.4, -0.2) is 42.2 Å². The lowest BCUT2D eigenvalue weighted by Gasteiger charge is -2.32. The van der Waals surface area contributed by atoms with Crippen LogP contribution in [0.3, 0.4) is 0 Å². The van der Waals surface area contributed by atoms with E-state index in [1.54, 1.807) is 11.3 Å². The van der Waals surface area contributed by atoms with Crippen molar-refractivity contribution in [1.82, 2.24) is 10.3 Å². The van der Waals surface area contributed by atoms with Crippen molar-refractivity contribution < 1.29 is 13.5 Å². The molecule has 1 aliphatic heterocycles. The van der Waals surface area contributed by atoms with Gasteiger partial charge in [-0.25, -0.2) is 13.4 Å². The Bertz CT molecular complexity index is 574. The molecule has 120 valence electrons. The summed E-state index contributed by atoms with van der Waals surface area (Å²) in [7, 11) is -2.94. The molecule has 2 rings (SSSR count). The van der Waals surface area contributed by atoms with Crippen molar-refractivity contribution in [3.8, 4) is 0 Å². The van der Waals surface area contributed by atoms with E-state index in [1.807, 2.05) is 6.20 Å². The molecule has 1 aromatic rings. The van der Waals surface area contributed by atoms with Crippen LogP contribution in [0.25, 0.3) is 0 Å². The van der Waals surface area contributed by atoms with Crippen LogP contribution in [0.1, 0.15) is 43.5 Å². The van der Waals surface area contributed by atoms with Crippen molar-refractivity contribution in [3.63, 3.8) is 0 Å². The molecular weight excluding hydrogens is 308 g/mol. The van der Waals surface area contributed by atoms with Gasteiger partial charge in [0.15, 0.2) is 9.84 Å². The van der Waals surface area contributed by atoms with Gasteiger partial charge in [-0.1, -0.05) is 20.8 Å². The highest BCUT2D eigenvalue weighted by Gasteiger charge is 2.34. The first-order chi connectivity index (χ1) is 9.60. The van der Waals surface area contributed by atoms with Crippen LogP contribution in [0.5, 0.6) is 0 Å². The largest absolute Gasteiger partial charge is 0.388 e. The van der Waals surface area contributed by atoms with Gasteiger partial charge in [0.25, 0.3) is 0 Å². The number of sulfone groups is 1. The molecule has 2 heterocycles. The highest BCUT2D eigenvalue weighted by Crippen LogP contribution is 2.28. The second kappa shape index (κ2) is 5.95. The highest BCUT2D eigenvalue weighted by atomic mass is 32.2. The molecule has 1 fully saturated rings. The first kappa shape index (κ1) is 16.9. The van der Waals surface area contributed by atoms with E-state index in [2.05, 4.69) is 31.1 Å². The van der Waals surface area contributed by atoms with Crippen molar-refractivity contribution in [2.75, 3.05) is 18.1 Å². The van der Waals surface area contributed by atoms with Gasteiger partial charge in [-0.05, 0) is 18.3 Å². The maximum atomic E-state index is 11.4. The molecule has 1 saturated heterocycles. The lowest BCUT2D eigenvalue weighted by atomic mass is 9.96. The molecule has 0 saturated carbocycles. The third-order valence-electron chi connectivity index (χ3n) is 3.78. The second-order valence-corrected chi connectivity index (χ2v) is 10.3. The van der Waals surface area contributed by atoms with Crippen LogP contribution in [0.2, 0.25) is 0 Å². The molecule has 0 bridgehead atoms. The summed E-state index contributed by atoms with van der Waals surface area (Å²) in [4.78, 5) is 5.63. The Labute approximate surface area is 130 Å². The summed E-state index contributed by atoms with van der Waals surface area (Å²) in [6.45, 7) is 7.48. The van der Waals surface area contributed by atoms with Crippen LogP contribution in [0.4, 0.5) is 0 Å². The van der Waals surface area contributed by atoms with Crippen LogP contribution in [0.15, 0.2) is 6.20 Å². The Morgan fingerprint density at radius 2 is 2.00 bits per heavy atom. The third kappa shape index (κ3) is 4.74. The van der Waals surface area contributed by atoms with E-state index < -0.39 is 15.4 Å². The van der Waals surface area contributed by atoms with Crippen molar-refractivity contribution in [2.24, 2.45) is 0 Å². The SMILES string of the molecule is CC(C)(C)c1cnc(CNCC2(O)CCS(=O)(=O)CC2)s1. The summed E-state index contributed by atoms with van der Waals surface area (Å²) in [5.74, 6) is 0.160. The van der Waals surface area contributed by atoms with E-state index in [0.29, 0.717) is 25.9 Å².